The number of benzene rings is 7. The molecule has 0 spiro atoms. The number of anilines is 8. The number of nitrogens with one attached hydrogen (secondary N) is 8. The van der Waals surface area contributed by atoms with Crippen molar-refractivity contribution in [2.45, 2.75) is 74.5 Å². The van der Waals surface area contributed by atoms with E-state index >= 15 is 0 Å². The lowest BCUT2D eigenvalue weighted by molar-refractivity contribution is -0.120. The van der Waals surface area contributed by atoms with E-state index < -0.39 is 0 Å². The van der Waals surface area contributed by atoms with Gasteiger partial charge in [-0.2, -0.15) is 0 Å². The second-order valence-corrected chi connectivity index (χ2v) is 23.6. The Morgan fingerprint density at radius 3 is 1.84 bits per heavy atom. The molecule has 7 aliphatic heterocycles. The summed E-state index contributed by atoms with van der Waals surface area (Å²) in [6, 6.07) is 45.6. The van der Waals surface area contributed by atoms with Gasteiger partial charge in [-0.25, -0.2) is 0 Å². The van der Waals surface area contributed by atoms with Crippen LogP contribution in [0.3, 0.4) is 0 Å². The van der Waals surface area contributed by atoms with Crippen LogP contribution in [-0.4, -0.2) is 66.6 Å². The lowest BCUT2D eigenvalue weighted by atomic mass is 9.86. The minimum absolute atomic E-state index is 0.0255. The van der Waals surface area contributed by atoms with Gasteiger partial charge in [0.25, 0.3) is 5.91 Å². The monoisotopic (exact) mass is 1230 g/mol. The molecule has 0 aromatic heterocycles. The molecule has 0 saturated heterocycles. The molecule has 0 radical (unpaired) electrons. The number of ether oxygens (including phenoxy) is 2. The zero-order valence-electron chi connectivity index (χ0n) is 47.7. The Labute approximate surface area is 517 Å². The number of rotatable bonds is 1. The van der Waals surface area contributed by atoms with Crippen LogP contribution >= 0.6 is 46.7 Å². The Balaban J connectivity index is 0.000000130. The van der Waals surface area contributed by atoms with Crippen LogP contribution in [0.4, 0.5) is 45.5 Å². The van der Waals surface area contributed by atoms with E-state index in [4.69, 9.17) is 32.7 Å². The third-order valence-electron chi connectivity index (χ3n) is 13.5. The van der Waals surface area contributed by atoms with Gasteiger partial charge in [0, 0.05) is 61.2 Å². The number of para-hydroxylation sites is 4. The number of fused-ring (bicyclic) bond motifs is 7. The standard InChI is InChI=1S/C11H13NO2.C10H10N2O.C10H11NO.C9H9NO2.C9H9NOS.C8H6ClNOS.C8H6ClNO/c1-14-9-5-6-10-8(7-9)3-2-4-11(13)12-10;1-7-6-10(13)12-9-5-3-2-4-8(9)11-7;1-10(2)7-5-3-4-6-8(7)11-9(10)12;1-6-2-3-8-7(4-6)10-9(11)5-12-8;11-9-5-6-12-8-4-2-1-3-7(8)10-9;9-5-1-2-6-7(3-5)12-4-8(11)10-6;9-6-1-2-7-5(3-6)4-8(11)10-7/h5-7H,2-4H2,1H3,(H,12,13);2-5,11H,1,6H2,(H,12,13);3-6H,1-2H3,(H,11,12);2-4H,5H2,1H3,(H,10,11);1-4H,5-6H2,(H,10,11);1-3H,4H2,(H,10,11);1-3H,4H2,(H,10,11). The number of carbonyl (C=O) groups is 7. The number of carbonyl (C=O) groups excluding carboxylic acids is 7. The molecule has 0 atom stereocenters. The maximum absolute atomic E-state index is 11.4. The average molecular weight is 1240 g/mol. The molecule has 7 amide bonds. The first-order valence-corrected chi connectivity index (χ1v) is 30.1. The molecule has 444 valence electrons. The van der Waals surface area contributed by atoms with Crippen molar-refractivity contribution >= 4 is 134 Å². The van der Waals surface area contributed by atoms with Crippen LogP contribution in [0.15, 0.2) is 168 Å². The van der Waals surface area contributed by atoms with Crippen LogP contribution < -0.4 is 52.0 Å². The molecule has 14 rings (SSSR count). The summed E-state index contributed by atoms with van der Waals surface area (Å²) in [7, 11) is 1.65. The van der Waals surface area contributed by atoms with Crippen molar-refractivity contribution in [3.63, 3.8) is 0 Å². The van der Waals surface area contributed by atoms with Gasteiger partial charge in [-0.3, -0.25) is 33.6 Å². The van der Waals surface area contributed by atoms with Crippen LogP contribution in [0.2, 0.25) is 10.0 Å². The fourth-order valence-electron chi connectivity index (χ4n) is 9.15. The number of hydrogen-bond acceptors (Lipinski definition) is 12. The highest BCUT2D eigenvalue weighted by molar-refractivity contribution is 8.00. The summed E-state index contributed by atoms with van der Waals surface area (Å²) >= 11 is 14.8. The topological polar surface area (TPSA) is 234 Å². The summed E-state index contributed by atoms with van der Waals surface area (Å²) in [5, 5.41) is 24.1. The van der Waals surface area contributed by atoms with Crippen LogP contribution in [0.25, 0.3) is 0 Å². The highest BCUT2D eigenvalue weighted by Crippen LogP contribution is 2.37. The molecule has 0 bridgehead atoms. The summed E-state index contributed by atoms with van der Waals surface area (Å²) in [5.74, 6) is 3.24. The van der Waals surface area contributed by atoms with Gasteiger partial charge in [-0.1, -0.05) is 78.3 Å². The van der Waals surface area contributed by atoms with Gasteiger partial charge in [0.15, 0.2) is 6.61 Å². The molecule has 0 unspecified atom stereocenters. The fourth-order valence-corrected chi connectivity index (χ4v) is 11.4. The molecule has 0 fully saturated rings. The number of aryl methyl sites for hydroxylation is 2. The van der Waals surface area contributed by atoms with Crippen molar-refractivity contribution in [3.05, 3.63) is 190 Å². The largest absolute Gasteiger partial charge is 0.497 e. The summed E-state index contributed by atoms with van der Waals surface area (Å²) in [5.41, 5.74) is 11.8. The Kier molecular flexibility index (Phi) is 22.0. The Hall–Kier alpha value is -8.75. The number of thioether (sulfide) groups is 2. The lowest BCUT2D eigenvalue weighted by Crippen LogP contribution is -2.26. The van der Waals surface area contributed by atoms with E-state index in [1.165, 1.54) is 16.7 Å². The third-order valence-corrected chi connectivity index (χ3v) is 16.1. The molecule has 7 aromatic carbocycles. The second-order valence-electron chi connectivity index (χ2n) is 20.5. The normalized spacial score (nSPS) is 15.7. The smallest absolute Gasteiger partial charge is 0.262 e. The molecule has 86 heavy (non-hydrogen) atoms. The molecular weight excluding hydrogens is 1170 g/mol. The molecule has 0 saturated carbocycles. The number of hydrogen-bond donors (Lipinski definition) is 8. The summed E-state index contributed by atoms with van der Waals surface area (Å²) < 4.78 is 10.3. The van der Waals surface area contributed by atoms with Gasteiger partial charge in [0.2, 0.25) is 35.4 Å². The van der Waals surface area contributed by atoms with E-state index in [-0.39, 0.29) is 53.4 Å². The van der Waals surface area contributed by atoms with E-state index in [2.05, 4.69) is 49.1 Å². The SMILES string of the molecule is C=C1CC(=O)Nc2ccccc2N1.CC1(C)C(=O)Nc2ccccc21.COc1ccc2c(c1)CCCC(=O)N2.Cc1ccc2c(c1)NC(=O)CO2.O=C1CCSc2ccccc2N1.O=C1CSc2cc(Cl)ccc2N1.O=C1Cc2cc(Cl)ccc2N1. The molecule has 17 nitrogen and oxygen atoms in total. The highest BCUT2D eigenvalue weighted by atomic mass is 35.5. The van der Waals surface area contributed by atoms with E-state index in [0.29, 0.717) is 41.5 Å². The van der Waals surface area contributed by atoms with Gasteiger partial charge in [-0.05, 0) is 153 Å². The first kappa shape index (κ1) is 63.3. The van der Waals surface area contributed by atoms with Gasteiger partial charge in [0.05, 0.1) is 59.6 Å². The number of amides is 7. The lowest BCUT2D eigenvalue weighted by Gasteiger charge is -2.17. The molecule has 7 heterocycles. The van der Waals surface area contributed by atoms with Crippen molar-refractivity contribution in [2.24, 2.45) is 0 Å². The summed E-state index contributed by atoms with van der Waals surface area (Å²) in [4.78, 5) is 80.0. The Bertz CT molecular complexity index is 3700. The molecule has 21 heteroatoms. The average Bonchev–Trinajstić information content (AvgIpc) is 2.16. The van der Waals surface area contributed by atoms with Crippen molar-refractivity contribution < 1.29 is 43.0 Å². The van der Waals surface area contributed by atoms with Crippen molar-refractivity contribution in [3.8, 4) is 11.5 Å². The number of methoxy groups -OCH3 is 1. The first-order chi connectivity index (χ1) is 41.3. The van der Waals surface area contributed by atoms with Crippen LogP contribution in [0.5, 0.6) is 11.5 Å². The van der Waals surface area contributed by atoms with Crippen molar-refractivity contribution in [2.75, 3.05) is 67.8 Å². The van der Waals surface area contributed by atoms with E-state index in [1.807, 2.05) is 154 Å². The zero-order valence-corrected chi connectivity index (χ0v) is 50.8. The van der Waals surface area contributed by atoms with Gasteiger partial charge >= 0.3 is 0 Å². The number of halogens is 2. The second kappa shape index (κ2) is 29.9. The van der Waals surface area contributed by atoms with Gasteiger partial charge in [0.1, 0.15) is 11.5 Å². The van der Waals surface area contributed by atoms with Crippen molar-refractivity contribution in [1.29, 1.82) is 0 Å². The molecule has 8 N–H and O–H groups in total. The van der Waals surface area contributed by atoms with E-state index in [9.17, 15) is 33.6 Å². The Morgan fingerprint density at radius 2 is 1.08 bits per heavy atom. The minimum atomic E-state index is -0.364. The quantitative estimate of drug-likeness (QED) is 0.0767. The third kappa shape index (κ3) is 17.9. The molecule has 7 aliphatic rings. The highest BCUT2D eigenvalue weighted by Gasteiger charge is 2.37. The van der Waals surface area contributed by atoms with Crippen LogP contribution in [0, 0.1) is 6.92 Å². The van der Waals surface area contributed by atoms with Crippen molar-refractivity contribution in [1.82, 2.24) is 0 Å². The maximum atomic E-state index is 11.4. The molecular formula is C65H64Cl2N8O9S2. The zero-order chi connectivity index (χ0) is 61.3. The fraction of sp³-hybridized carbons (Fsp3) is 0.215. The summed E-state index contributed by atoms with van der Waals surface area (Å²) in [6.07, 6.45) is 3.85. The maximum Gasteiger partial charge on any atom is 0.262 e. The van der Waals surface area contributed by atoms with E-state index in [0.717, 1.165) is 108 Å². The van der Waals surface area contributed by atoms with Crippen LogP contribution in [0.1, 0.15) is 61.8 Å². The predicted molar refractivity (Wildman–Crippen MR) is 345 cm³/mol. The van der Waals surface area contributed by atoms with Crippen LogP contribution in [-0.2, 0) is 51.8 Å². The predicted octanol–water partition coefficient (Wildman–Crippen LogP) is 13.5. The first-order valence-electron chi connectivity index (χ1n) is 27.4. The summed E-state index contributed by atoms with van der Waals surface area (Å²) in [6.45, 7) is 9.72. The molecule has 0 aliphatic carbocycles. The molecule has 7 aromatic rings. The Morgan fingerprint density at radius 1 is 0.500 bits per heavy atom. The van der Waals surface area contributed by atoms with E-state index in [1.54, 1.807) is 31.0 Å². The minimum Gasteiger partial charge on any atom is -0.497 e. The van der Waals surface area contributed by atoms with Gasteiger partial charge in [-0.15, -0.1) is 23.5 Å². The van der Waals surface area contributed by atoms with Gasteiger partial charge < -0.3 is 52.0 Å².